The SMILES string of the molecule is CC(=O)OCCNC(=O)/C(=C/c1ccc(Cl)cc1)NC(=O)c1ccccc1. The minimum Gasteiger partial charge on any atom is -0.464 e. The molecule has 7 heteroatoms. The van der Waals surface area contributed by atoms with Gasteiger partial charge in [0, 0.05) is 17.5 Å². The fourth-order valence-electron chi connectivity index (χ4n) is 2.12. The number of esters is 1. The summed E-state index contributed by atoms with van der Waals surface area (Å²) in [4.78, 5) is 35.6. The second-order valence-electron chi connectivity index (χ2n) is 5.53. The van der Waals surface area contributed by atoms with Gasteiger partial charge in [-0.05, 0) is 35.9 Å². The Bertz CT molecular complexity index is 833. The van der Waals surface area contributed by atoms with Gasteiger partial charge in [0.1, 0.15) is 12.3 Å². The zero-order valence-electron chi connectivity index (χ0n) is 14.7. The van der Waals surface area contributed by atoms with E-state index < -0.39 is 17.8 Å². The second-order valence-corrected chi connectivity index (χ2v) is 5.96. The third kappa shape index (κ3) is 6.95. The van der Waals surface area contributed by atoms with Gasteiger partial charge in [0.05, 0.1) is 6.54 Å². The van der Waals surface area contributed by atoms with Gasteiger partial charge in [-0.25, -0.2) is 0 Å². The Kier molecular flexibility index (Phi) is 7.58. The van der Waals surface area contributed by atoms with Crippen LogP contribution in [0.3, 0.4) is 0 Å². The van der Waals surface area contributed by atoms with E-state index in [1.165, 1.54) is 6.92 Å². The van der Waals surface area contributed by atoms with Gasteiger partial charge in [-0.1, -0.05) is 41.9 Å². The van der Waals surface area contributed by atoms with Crippen molar-refractivity contribution in [3.63, 3.8) is 0 Å². The van der Waals surface area contributed by atoms with Crippen LogP contribution in [0, 0.1) is 0 Å². The summed E-state index contributed by atoms with van der Waals surface area (Å²) >= 11 is 5.87. The maximum absolute atomic E-state index is 12.5. The fourth-order valence-corrected chi connectivity index (χ4v) is 2.25. The van der Waals surface area contributed by atoms with Gasteiger partial charge < -0.3 is 15.4 Å². The summed E-state index contributed by atoms with van der Waals surface area (Å²) in [5.41, 5.74) is 1.18. The zero-order chi connectivity index (χ0) is 19.6. The Hall–Kier alpha value is -3.12. The molecule has 27 heavy (non-hydrogen) atoms. The van der Waals surface area contributed by atoms with Gasteiger partial charge >= 0.3 is 5.97 Å². The first-order valence-electron chi connectivity index (χ1n) is 8.21. The maximum Gasteiger partial charge on any atom is 0.302 e. The summed E-state index contributed by atoms with van der Waals surface area (Å²) in [6.45, 7) is 1.45. The van der Waals surface area contributed by atoms with Crippen LogP contribution >= 0.6 is 11.6 Å². The Balaban J connectivity index is 2.14. The van der Waals surface area contributed by atoms with Gasteiger partial charge in [-0.2, -0.15) is 0 Å². The molecule has 6 nitrogen and oxygen atoms in total. The Morgan fingerprint density at radius 3 is 2.33 bits per heavy atom. The molecule has 0 aliphatic rings. The minimum atomic E-state index is -0.499. The van der Waals surface area contributed by atoms with E-state index in [2.05, 4.69) is 10.6 Å². The van der Waals surface area contributed by atoms with Crippen LogP contribution in [0.4, 0.5) is 0 Å². The number of ether oxygens (including phenoxy) is 1. The topological polar surface area (TPSA) is 84.5 Å². The predicted octanol–water partition coefficient (Wildman–Crippen LogP) is 2.79. The molecule has 2 amide bonds. The molecule has 0 saturated heterocycles. The number of carbonyl (C=O) groups is 3. The number of hydrogen-bond acceptors (Lipinski definition) is 4. The lowest BCUT2D eigenvalue weighted by atomic mass is 10.1. The number of halogens is 1. The second kappa shape index (κ2) is 10.1. The smallest absolute Gasteiger partial charge is 0.302 e. The van der Waals surface area contributed by atoms with E-state index in [9.17, 15) is 14.4 Å². The molecule has 0 bridgehead atoms. The summed E-state index contributed by atoms with van der Waals surface area (Å²) in [6, 6.07) is 15.4. The Morgan fingerprint density at radius 2 is 1.70 bits per heavy atom. The highest BCUT2D eigenvalue weighted by Crippen LogP contribution is 2.12. The third-order valence-corrected chi connectivity index (χ3v) is 3.65. The van der Waals surface area contributed by atoms with Gasteiger partial charge in [-0.3, -0.25) is 14.4 Å². The molecule has 0 saturated carbocycles. The van der Waals surface area contributed by atoms with Crippen LogP contribution in [-0.2, 0) is 14.3 Å². The molecule has 2 aromatic rings. The number of rotatable bonds is 7. The van der Waals surface area contributed by atoms with Crippen LogP contribution < -0.4 is 10.6 Å². The first-order valence-corrected chi connectivity index (χ1v) is 8.59. The van der Waals surface area contributed by atoms with Crippen LogP contribution in [0.5, 0.6) is 0 Å². The van der Waals surface area contributed by atoms with E-state index in [4.69, 9.17) is 16.3 Å². The molecule has 0 fully saturated rings. The van der Waals surface area contributed by atoms with Gasteiger partial charge in [-0.15, -0.1) is 0 Å². The van der Waals surface area contributed by atoms with Crippen LogP contribution in [0.15, 0.2) is 60.3 Å². The van der Waals surface area contributed by atoms with E-state index in [-0.39, 0.29) is 18.8 Å². The lowest BCUT2D eigenvalue weighted by Crippen LogP contribution is -2.36. The van der Waals surface area contributed by atoms with E-state index >= 15 is 0 Å². The molecule has 0 heterocycles. The van der Waals surface area contributed by atoms with Gasteiger partial charge in [0.2, 0.25) is 0 Å². The number of carbonyl (C=O) groups excluding carboxylic acids is 3. The van der Waals surface area contributed by atoms with Gasteiger partial charge in [0.25, 0.3) is 11.8 Å². The van der Waals surface area contributed by atoms with Crippen LogP contribution in [0.25, 0.3) is 6.08 Å². The highest BCUT2D eigenvalue weighted by atomic mass is 35.5. The van der Waals surface area contributed by atoms with E-state index in [1.54, 1.807) is 60.7 Å². The van der Waals surface area contributed by atoms with E-state index in [0.29, 0.717) is 16.1 Å². The minimum absolute atomic E-state index is 0.0436. The Morgan fingerprint density at radius 1 is 1.04 bits per heavy atom. The van der Waals surface area contributed by atoms with E-state index in [1.807, 2.05) is 0 Å². The molecule has 2 aromatic carbocycles. The van der Waals surface area contributed by atoms with Gasteiger partial charge in [0.15, 0.2) is 0 Å². The fraction of sp³-hybridized carbons (Fsp3) is 0.150. The quantitative estimate of drug-likeness (QED) is 0.435. The molecule has 2 N–H and O–H groups in total. The van der Waals surface area contributed by atoms with Crippen molar-refractivity contribution in [1.82, 2.24) is 10.6 Å². The molecule has 0 radical (unpaired) electrons. The molecule has 0 unspecified atom stereocenters. The molecule has 0 aliphatic carbocycles. The lowest BCUT2D eigenvalue weighted by Gasteiger charge is -2.11. The van der Waals surface area contributed by atoms with Crippen molar-refractivity contribution in [2.75, 3.05) is 13.2 Å². The van der Waals surface area contributed by atoms with Crippen LogP contribution in [0.1, 0.15) is 22.8 Å². The number of nitrogens with one attached hydrogen (secondary N) is 2. The highest BCUT2D eigenvalue weighted by Gasteiger charge is 2.14. The number of amides is 2. The zero-order valence-corrected chi connectivity index (χ0v) is 15.5. The van der Waals surface area contributed by atoms with E-state index in [0.717, 1.165) is 0 Å². The maximum atomic E-state index is 12.5. The number of benzene rings is 2. The van der Waals surface area contributed by atoms with Crippen molar-refractivity contribution in [2.24, 2.45) is 0 Å². The molecule has 0 spiro atoms. The molecule has 140 valence electrons. The summed E-state index contributed by atoms with van der Waals surface area (Å²) < 4.78 is 4.78. The lowest BCUT2D eigenvalue weighted by molar-refractivity contribution is -0.141. The normalized spacial score (nSPS) is 10.8. The molecule has 2 rings (SSSR count). The van der Waals surface area contributed by atoms with Crippen molar-refractivity contribution in [3.8, 4) is 0 Å². The van der Waals surface area contributed by atoms with Crippen molar-refractivity contribution < 1.29 is 19.1 Å². The summed E-state index contributed by atoms with van der Waals surface area (Å²) in [5, 5.41) is 5.78. The number of hydrogen-bond donors (Lipinski definition) is 2. The summed E-state index contributed by atoms with van der Waals surface area (Å²) in [5.74, 6) is -1.34. The highest BCUT2D eigenvalue weighted by molar-refractivity contribution is 6.30. The predicted molar refractivity (Wildman–Crippen MR) is 103 cm³/mol. The van der Waals surface area contributed by atoms with Crippen molar-refractivity contribution in [3.05, 3.63) is 76.4 Å². The third-order valence-electron chi connectivity index (χ3n) is 3.40. The molecular formula is C20H19ClN2O4. The van der Waals surface area contributed by atoms with Crippen molar-refractivity contribution >= 4 is 35.5 Å². The molecule has 0 atom stereocenters. The monoisotopic (exact) mass is 386 g/mol. The first-order chi connectivity index (χ1) is 13.0. The summed E-state index contributed by atoms with van der Waals surface area (Å²) in [7, 11) is 0. The average Bonchev–Trinajstić information content (AvgIpc) is 2.66. The van der Waals surface area contributed by atoms with Crippen LogP contribution in [-0.4, -0.2) is 30.9 Å². The van der Waals surface area contributed by atoms with Crippen molar-refractivity contribution in [1.29, 1.82) is 0 Å². The average molecular weight is 387 g/mol. The molecule has 0 aliphatic heterocycles. The van der Waals surface area contributed by atoms with Crippen LogP contribution in [0.2, 0.25) is 5.02 Å². The van der Waals surface area contributed by atoms with Crippen molar-refractivity contribution in [2.45, 2.75) is 6.92 Å². The summed E-state index contributed by atoms with van der Waals surface area (Å²) in [6.07, 6.45) is 1.54. The molecule has 0 aromatic heterocycles. The Labute approximate surface area is 162 Å². The molecular weight excluding hydrogens is 368 g/mol. The largest absolute Gasteiger partial charge is 0.464 e. The standard InChI is InChI=1S/C20H19ClN2O4/c1-14(24)27-12-11-22-20(26)18(13-15-7-9-17(21)10-8-15)23-19(25)16-5-3-2-4-6-16/h2-10,13H,11-12H2,1H3,(H,22,26)(H,23,25)/b18-13-. The first kappa shape index (κ1) is 20.2.